The normalized spacial score (nSPS) is 40.0. The molecule has 0 aliphatic heterocycles. The van der Waals surface area contributed by atoms with Gasteiger partial charge in [0, 0.05) is 36.4 Å². The molecule has 0 saturated heterocycles. The molecule has 0 amide bonds. The number of nitrogens with one attached hydrogen (secondary N) is 1. The monoisotopic (exact) mass is 454 g/mol. The lowest BCUT2D eigenvalue weighted by Crippen LogP contribution is -2.61. The largest absolute Gasteiger partial charge is 0.381 e. The number of allylic oxidation sites excluding steroid dienone is 1. The van der Waals surface area contributed by atoms with Gasteiger partial charge in [0.1, 0.15) is 11.4 Å². The first-order chi connectivity index (χ1) is 15.5. The van der Waals surface area contributed by atoms with Crippen molar-refractivity contribution < 1.29 is 19.5 Å². The van der Waals surface area contributed by atoms with Crippen molar-refractivity contribution in [2.75, 3.05) is 0 Å². The van der Waals surface area contributed by atoms with Crippen molar-refractivity contribution in [3.05, 3.63) is 44.8 Å². The molecule has 3 saturated carbocycles. The van der Waals surface area contributed by atoms with E-state index in [4.69, 9.17) is 0 Å². The van der Waals surface area contributed by atoms with Crippen LogP contribution in [0.1, 0.15) is 58.8 Å². The highest BCUT2D eigenvalue weighted by Gasteiger charge is 2.68. The average Bonchev–Trinajstić information content (AvgIpc) is 3.02. The van der Waals surface area contributed by atoms with E-state index < -0.39 is 34.6 Å². The van der Waals surface area contributed by atoms with Gasteiger partial charge >= 0.3 is 5.69 Å². The van der Waals surface area contributed by atoms with Crippen LogP contribution in [-0.2, 0) is 20.9 Å². The lowest BCUT2D eigenvalue weighted by molar-refractivity contribution is -0.169. The number of Topliss-reactive ketones (excluding diaryl/α,β-unsaturated/α-hetero) is 2. The molecule has 0 aromatic carbocycles. The van der Waals surface area contributed by atoms with E-state index in [1.54, 1.807) is 6.08 Å². The van der Waals surface area contributed by atoms with Gasteiger partial charge in [0.2, 0.25) is 0 Å². The van der Waals surface area contributed by atoms with Gasteiger partial charge in [-0.05, 0) is 55.4 Å². The fourth-order valence-corrected chi connectivity index (χ4v) is 7.72. The molecule has 8 nitrogen and oxygen atoms in total. The summed E-state index contributed by atoms with van der Waals surface area (Å²) in [6.07, 6.45) is 6.49. The zero-order valence-corrected chi connectivity index (χ0v) is 19.1. The first-order valence-corrected chi connectivity index (χ1v) is 11.8. The van der Waals surface area contributed by atoms with E-state index in [2.05, 4.69) is 11.9 Å². The fraction of sp³-hybridized carbons (Fsp3) is 0.640. The summed E-state index contributed by atoms with van der Waals surface area (Å²) in [4.78, 5) is 65.6. The Balaban J connectivity index is 1.49. The molecule has 4 aliphatic rings. The number of carbonyl (C=O) groups is 3. The lowest BCUT2D eigenvalue weighted by Gasteiger charge is -2.57. The number of nitrogens with zero attached hydrogens (tertiary/aromatic N) is 1. The third-order valence-corrected chi connectivity index (χ3v) is 9.51. The number of aromatic nitrogens is 2. The highest BCUT2D eigenvalue weighted by Crippen LogP contribution is 2.66. The highest BCUT2D eigenvalue weighted by molar-refractivity contribution is 5.94. The summed E-state index contributed by atoms with van der Waals surface area (Å²) in [5.74, 6) is -0.610. The topological polar surface area (TPSA) is 126 Å². The predicted octanol–water partition coefficient (Wildman–Crippen LogP) is 1.55. The van der Waals surface area contributed by atoms with Gasteiger partial charge in [0.25, 0.3) is 5.56 Å². The van der Waals surface area contributed by atoms with Gasteiger partial charge in [-0.3, -0.25) is 23.7 Å². The molecule has 0 bridgehead atoms. The van der Waals surface area contributed by atoms with Gasteiger partial charge in [-0.25, -0.2) is 4.79 Å². The quantitative estimate of drug-likeness (QED) is 0.714. The number of hydrogen-bond donors (Lipinski definition) is 2. The molecule has 1 aromatic rings. The third-order valence-electron chi connectivity index (χ3n) is 9.51. The van der Waals surface area contributed by atoms with E-state index in [9.17, 15) is 29.1 Å². The lowest BCUT2D eigenvalue weighted by atomic mass is 9.46. The van der Waals surface area contributed by atoms with Crippen molar-refractivity contribution in [3.8, 4) is 0 Å². The van der Waals surface area contributed by atoms with Crippen LogP contribution in [0.5, 0.6) is 0 Å². The van der Waals surface area contributed by atoms with Crippen LogP contribution in [0.4, 0.5) is 0 Å². The van der Waals surface area contributed by atoms with Crippen LogP contribution in [0.2, 0.25) is 0 Å². The summed E-state index contributed by atoms with van der Waals surface area (Å²) < 4.78 is 0.794. The number of hydrogen-bond acceptors (Lipinski definition) is 6. The fourth-order valence-electron chi connectivity index (χ4n) is 7.72. The minimum atomic E-state index is -1.78. The smallest absolute Gasteiger partial charge is 0.328 e. The van der Waals surface area contributed by atoms with Crippen molar-refractivity contribution in [3.63, 3.8) is 0 Å². The molecule has 0 radical (unpaired) electrons. The second kappa shape index (κ2) is 7.19. The summed E-state index contributed by atoms with van der Waals surface area (Å²) in [5.41, 5.74) is -3.31. The van der Waals surface area contributed by atoms with Gasteiger partial charge < -0.3 is 10.1 Å². The van der Waals surface area contributed by atoms with Crippen LogP contribution in [0.25, 0.3) is 0 Å². The molecule has 0 spiro atoms. The van der Waals surface area contributed by atoms with Crippen molar-refractivity contribution >= 4 is 17.3 Å². The number of aromatic amines is 1. The molecule has 3 fully saturated rings. The third kappa shape index (κ3) is 2.95. The SMILES string of the molecule is CC12CCC(=O)C=C1CCC1C2C(=O)CC2(C)C1CCC2(O)C(=O)Cn1c(=O)cc[nH]c1=O. The van der Waals surface area contributed by atoms with Crippen molar-refractivity contribution in [2.24, 2.45) is 28.6 Å². The molecule has 8 heteroatoms. The molecule has 6 atom stereocenters. The van der Waals surface area contributed by atoms with Gasteiger partial charge in [-0.2, -0.15) is 0 Å². The highest BCUT2D eigenvalue weighted by atomic mass is 16.3. The van der Waals surface area contributed by atoms with Crippen molar-refractivity contribution in [1.82, 2.24) is 9.55 Å². The Morgan fingerprint density at radius 2 is 1.91 bits per heavy atom. The maximum absolute atomic E-state index is 13.7. The average molecular weight is 455 g/mol. The molecular weight excluding hydrogens is 424 g/mol. The molecule has 6 unspecified atom stereocenters. The van der Waals surface area contributed by atoms with E-state index in [0.717, 1.165) is 29.0 Å². The maximum atomic E-state index is 13.7. The zero-order chi connectivity index (χ0) is 23.8. The van der Waals surface area contributed by atoms with Crippen molar-refractivity contribution in [1.29, 1.82) is 0 Å². The van der Waals surface area contributed by atoms with E-state index in [0.29, 0.717) is 19.3 Å². The summed E-state index contributed by atoms with van der Waals surface area (Å²) in [6, 6.07) is 1.16. The molecule has 1 heterocycles. The Kier molecular flexibility index (Phi) is 4.84. The van der Waals surface area contributed by atoms with E-state index in [1.807, 2.05) is 6.92 Å². The van der Waals surface area contributed by atoms with Crippen LogP contribution in [0.15, 0.2) is 33.5 Å². The van der Waals surface area contributed by atoms with Crippen LogP contribution < -0.4 is 11.2 Å². The minimum absolute atomic E-state index is 0.0177. The van der Waals surface area contributed by atoms with Gasteiger partial charge in [0.05, 0.1) is 6.54 Å². The summed E-state index contributed by atoms with van der Waals surface area (Å²) in [6.45, 7) is 3.40. The van der Waals surface area contributed by atoms with Crippen LogP contribution in [0, 0.1) is 28.6 Å². The molecule has 33 heavy (non-hydrogen) atoms. The summed E-state index contributed by atoms with van der Waals surface area (Å²) in [7, 11) is 0. The number of fused-ring (bicyclic) bond motifs is 5. The standard InChI is InChI=1S/C25H30N2O6/c1-23-8-5-15(28)11-14(23)3-4-16-17-6-9-25(33,24(17,2)12-18(29)21(16)23)19(30)13-27-20(31)7-10-26-22(27)32/h7,10-11,16-17,21,33H,3-6,8-9,12-13H2,1-2H3,(H,26,32). The van der Waals surface area contributed by atoms with E-state index in [1.165, 1.54) is 6.20 Å². The Morgan fingerprint density at radius 3 is 2.64 bits per heavy atom. The second-order valence-electron chi connectivity index (χ2n) is 10.9. The number of aliphatic hydroxyl groups is 1. The number of ketones is 3. The predicted molar refractivity (Wildman–Crippen MR) is 118 cm³/mol. The summed E-state index contributed by atoms with van der Waals surface area (Å²) in [5, 5.41) is 11.7. The zero-order valence-electron chi connectivity index (χ0n) is 19.1. The Hall–Kier alpha value is -2.61. The van der Waals surface area contributed by atoms with Crippen molar-refractivity contribution in [2.45, 2.75) is 70.9 Å². The Labute approximate surface area is 191 Å². The molecule has 5 rings (SSSR count). The van der Waals surface area contributed by atoms with E-state index in [-0.39, 0.29) is 47.6 Å². The number of H-pyrrole nitrogens is 1. The van der Waals surface area contributed by atoms with Crippen LogP contribution in [-0.4, -0.2) is 37.6 Å². The summed E-state index contributed by atoms with van der Waals surface area (Å²) >= 11 is 0. The van der Waals surface area contributed by atoms with Crippen LogP contribution >= 0.6 is 0 Å². The second-order valence-corrected chi connectivity index (χ2v) is 10.9. The first-order valence-electron chi connectivity index (χ1n) is 11.8. The molecule has 4 aliphatic carbocycles. The van der Waals surface area contributed by atoms with Gasteiger partial charge in [-0.1, -0.05) is 19.4 Å². The Morgan fingerprint density at radius 1 is 1.15 bits per heavy atom. The van der Waals surface area contributed by atoms with Gasteiger partial charge in [-0.15, -0.1) is 0 Å². The first kappa shape index (κ1) is 22.2. The Bertz CT molecular complexity index is 1180. The van der Waals surface area contributed by atoms with Crippen LogP contribution in [0.3, 0.4) is 0 Å². The van der Waals surface area contributed by atoms with Gasteiger partial charge in [0.15, 0.2) is 11.6 Å². The number of carbonyl (C=O) groups excluding carboxylic acids is 3. The molecule has 2 N–H and O–H groups in total. The molecular formula is C25H30N2O6. The number of rotatable bonds is 3. The molecule has 1 aromatic heterocycles. The molecule has 176 valence electrons. The minimum Gasteiger partial charge on any atom is -0.381 e. The van der Waals surface area contributed by atoms with E-state index >= 15 is 0 Å². The maximum Gasteiger partial charge on any atom is 0.328 e.